The largest absolute Gasteiger partial charge is 0.449 e. The summed E-state index contributed by atoms with van der Waals surface area (Å²) in [6, 6.07) is 7.39. The van der Waals surface area contributed by atoms with Crippen molar-refractivity contribution in [2.45, 2.75) is 38.8 Å². The number of nitrogens with zero attached hydrogens (tertiary/aromatic N) is 3. The van der Waals surface area contributed by atoms with Crippen LogP contribution in [0.25, 0.3) is 11.1 Å². The van der Waals surface area contributed by atoms with E-state index in [9.17, 15) is 9.59 Å². The summed E-state index contributed by atoms with van der Waals surface area (Å²) in [7, 11) is 0. The van der Waals surface area contributed by atoms with Crippen LogP contribution in [0.15, 0.2) is 22.6 Å². The molecule has 1 atom stereocenters. The third-order valence-corrected chi connectivity index (χ3v) is 3.24. The fraction of sp³-hybridized carbons (Fsp3) is 0.389. The Balaban J connectivity index is 2.19. The van der Waals surface area contributed by atoms with E-state index >= 15 is 0 Å². The number of oxazole rings is 1. The molecular weight excluding hydrogens is 352 g/mol. The maximum Gasteiger partial charge on any atom is 0.408 e. The number of aromatic nitrogens is 1. The number of hydrogen-bond acceptors (Lipinski definition) is 8. The lowest BCUT2D eigenvalue weighted by molar-refractivity contribution is -0.144. The van der Waals surface area contributed by atoms with Crippen molar-refractivity contribution in [1.29, 1.82) is 10.5 Å². The van der Waals surface area contributed by atoms with Crippen LogP contribution >= 0.6 is 0 Å². The van der Waals surface area contributed by atoms with Crippen LogP contribution in [0.3, 0.4) is 0 Å². The Kier molecular flexibility index (Phi) is 5.99. The molecule has 1 aromatic heterocycles. The standard InChI is InChI=1S/C18H18N4O5/c1-18(2,3)27-17(24)22-13(16(23)25-7-6-19)8-11-4-5-12-14(9-11)26-15(10-20)21-12/h4-5,9,13H,7-8H2,1-3H3,(H,22,24)/t13-/m0/s1. The molecule has 1 amide bonds. The first-order valence-electron chi connectivity index (χ1n) is 8.04. The number of carbonyl (C=O) groups is 2. The minimum absolute atomic E-state index is 0.0704. The molecule has 9 nitrogen and oxygen atoms in total. The Bertz CT molecular complexity index is 930. The summed E-state index contributed by atoms with van der Waals surface area (Å²) in [5.74, 6) is -0.836. The number of benzene rings is 1. The zero-order chi connectivity index (χ0) is 20.0. The lowest BCUT2D eigenvalue weighted by Crippen LogP contribution is -2.45. The lowest BCUT2D eigenvalue weighted by atomic mass is 10.1. The number of nitrogens with one attached hydrogen (secondary N) is 1. The quantitative estimate of drug-likeness (QED) is 0.790. The molecule has 1 N–H and O–H groups in total. The smallest absolute Gasteiger partial charge is 0.408 e. The van der Waals surface area contributed by atoms with E-state index < -0.39 is 30.3 Å². The van der Waals surface area contributed by atoms with Gasteiger partial charge in [0.2, 0.25) is 0 Å². The first kappa shape index (κ1) is 19.7. The molecule has 2 aromatic rings. The van der Waals surface area contributed by atoms with Gasteiger partial charge in [-0.15, -0.1) is 0 Å². The van der Waals surface area contributed by atoms with Gasteiger partial charge in [-0.25, -0.2) is 9.59 Å². The van der Waals surface area contributed by atoms with Gasteiger partial charge in [0.05, 0.1) is 0 Å². The van der Waals surface area contributed by atoms with Gasteiger partial charge >= 0.3 is 18.0 Å². The van der Waals surface area contributed by atoms with Crippen LogP contribution in [-0.2, 0) is 20.7 Å². The summed E-state index contributed by atoms with van der Waals surface area (Å²) >= 11 is 0. The SMILES string of the molecule is CC(C)(C)OC(=O)N[C@@H](Cc1ccc2nc(C#N)oc2c1)C(=O)OCC#N. The third-order valence-electron chi connectivity index (χ3n) is 3.24. The highest BCUT2D eigenvalue weighted by atomic mass is 16.6. The number of esters is 1. The van der Waals surface area contributed by atoms with Crippen LogP contribution in [-0.4, -0.2) is 35.3 Å². The molecule has 1 aromatic carbocycles. The molecule has 0 aliphatic carbocycles. The molecule has 0 radical (unpaired) electrons. The fourth-order valence-electron chi connectivity index (χ4n) is 2.23. The summed E-state index contributed by atoms with van der Waals surface area (Å²) in [6.07, 6.45) is -0.712. The minimum atomic E-state index is -1.07. The molecule has 140 valence electrons. The molecule has 0 aliphatic rings. The molecule has 1 heterocycles. The van der Waals surface area contributed by atoms with Crippen molar-refractivity contribution in [3.05, 3.63) is 29.7 Å². The third kappa shape index (κ3) is 5.72. The zero-order valence-electron chi connectivity index (χ0n) is 15.1. The van der Waals surface area contributed by atoms with E-state index in [0.717, 1.165) is 0 Å². The monoisotopic (exact) mass is 370 g/mol. The summed E-state index contributed by atoms with van der Waals surface area (Å²) in [5, 5.41) is 19.9. The average molecular weight is 370 g/mol. The van der Waals surface area contributed by atoms with Crippen LogP contribution in [0.5, 0.6) is 0 Å². The van der Waals surface area contributed by atoms with Crippen LogP contribution < -0.4 is 5.32 Å². The highest BCUT2D eigenvalue weighted by Gasteiger charge is 2.26. The number of fused-ring (bicyclic) bond motifs is 1. The average Bonchev–Trinajstić information content (AvgIpc) is 2.99. The Morgan fingerprint density at radius 2 is 2.07 bits per heavy atom. The first-order chi connectivity index (χ1) is 12.7. The second-order valence-electron chi connectivity index (χ2n) is 6.60. The van der Waals surface area contributed by atoms with Crippen LogP contribution in [0.2, 0.25) is 0 Å². The molecule has 0 spiro atoms. The van der Waals surface area contributed by atoms with E-state index in [0.29, 0.717) is 16.7 Å². The number of nitriles is 2. The summed E-state index contributed by atoms with van der Waals surface area (Å²) < 4.78 is 15.2. The Labute approximate surface area is 155 Å². The molecule has 0 bridgehead atoms. The van der Waals surface area contributed by atoms with Crippen LogP contribution in [0, 0.1) is 22.7 Å². The minimum Gasteiger partial charge on any atom is -0.449 e. The van der Waals surface area contributed by atoms with Gasteiger partial charge in [0.15, 0.2) is 18.3 Å². The van der Waals surface area contributed by atoms with Gasteiger partial charge in [0, 0.05) is 6.42 Å². The van der Waals surface area contributed by atoms with E-state index in [4.69, 9.17) is 24.4 Å². The van der Waals surface area contributed by atoms with Crippen molar-refractivity contribution in [2.24, 2.45) is 0 Å². The Hall–Kier alpha value is -3.59. The fourth-order valence-corrected chi connectivity index (χ4v) is 2.23. The molecule has 27 heavy (non-hydrogen) atoms. The predicted octanol–water partition coefficient (Wildman–Crippen LogP) is 2.20. The lowest BCUT2D eigenvalue weighted by Gasteiger charge is -2.22. The number of amides is 1. The number of alkyl carbamates (subject to hydrolysis) is 1. The van der Waals surface area contributed by atoms with E-state index in [1.54, 1.807) is 45.0 Å². The van der Waals surface area contributed by atoms with Gasteiger partial charge < -0.3 is 19.2 Å². The van der Waals surface area contributed by atoms with Gasteiger partial charge in [-0.05, 0) is 38.5 Å². The summed E-state index contributed by atoms with van der Waals surface area (Å²) in [4.78, 5) is 28.2. The van der Waals surface area contributed by atoms with Gasteiger partial charge in [0.25, 0.3) is 0 Å². The van der Waals surface area contributed by atoms with E-state index in [2.05, 4.69) is 10.3 Å². The molecule has 0 saturated heterocycles. The van der Waals surface area contributed by atoms with Crippen molar-refractivity contribution in [3.63, 3.8) is 0 Å². The van der Waals surface area contributed by atoms with Crippen LogP contribution in [0.4, 0.5) is 4.79 Å². The van der Waals surface area contributed by atoms with E-state index in [1.807, 2.05) is 6.07 Å². The predicted molar refractivity (Wildman–Crippen MR) is 92.2 cm³/mol. The molecule has 2 rings (SSSR count). The molecule has 0 unspecified atom stereocenters. The van der Waals surface area contributed by atoms with Crippen molar-refractivity contribution < 1.29 is 23.5 Å². The topological polar surface area (TPSA) is 138 Å². The molecule has 0 aliphatic heterocycles. The Morgan fingerprint density at radius 1 is 1.33 bits per heavy atom. The first-order valence-corrected chi connectivity index (χ1v) is 8.04. The number of carbonyl (C=O) groups excluding carboxylic acids is 2. The van der Waals surface area contributed by atoms with Crippen LogP contribution in [0.1, 0.15) is 32.2 Å². The number of rotatable bonds is 5. The molecule has 0 fully saturated rings. The van der Waals surface area contributed by atoms with Gasteiger partial charge in [-0.2, -0.15) is 15.5 Å². The highest BCUT2D eigenvalue weighted by Crippen LogP contribution is 2.18. The summed E-state index contributed by atoms with van der Waals surface area (Å²) in [5.41, 5.74) is 0.778. The highest BCUT2D eigenvalue weighted by molar-refractivity contribution is 5.82. The van der Waals surface area contributed by atoms with Crippen molar-refractivity contribution in [1.82, 2.24) is 10.3 Å². The van der Waals surface area contributed by atoms with E-state index in [-0.39, 0.29) is 12.3 Å². The molecule has 0 saturated carbocycles. The van der Waals surface area contributed by atoms with Crippen molar-refractivity contribution >= 4 is 23.2 Å². The molecular formula is C18H18N4O5. The molecule has 9 heteroatoms. The van der Waals surface area contributed by atoms with Crippen molar-refractivity contribution in [2.75, 3.05) is 6.61 Å². The summed E-state index contributed by atoms with van der Waals surface area (Å²) in [6.45, 7) is 4.65. The maximum absolute atomic E-state index is 12.2. The number of hydrogen-bond donors (Lipinski definition) is 1. The van der Waals surface area contributed by atoms with Gasteiger partial charge in [-0.1, -0.05) is 6.07 Å². The van der Waals surface area contributed by atoms with E-state index in [1.165, 1.54) is 0 Å². The van der Waals surface area contributed by atoms with Gasteiger partial charge in [0.1, 0.15) is 23.2 Å². The van der Waals surface area contributed by atoms with Gasteiger partial charge in [-0.3, -0.25) is 0 Å². The van der Waals surface area contributed by atoms with Crippen molar-refractivity contribution in [3.8, 4) is 12.1 Å². The maximum atomic E-state index is 12.2. The second-order valence-corrected chi connectivity index (χ2v) is 6.60. The number of ether oxygens (including phenoxy) is 2. The Morgan fingerprint density at radius 3 is 2.70 bits per heavy atom. The zero-order valence-corrected chi connectivity index (χ0v) is 15.1. The normalized spacial score (nSPS) is 11.9. The second kappa shape index (κ2) is 8.19.